The molecule has 3 rings (SSSR count). The molecule has 0 unspecified atom stereocenters. The van der Waals surface area contributed by atoms with Gasteiger partial charge in [-0.15, -0.1) is 0 Å². The normalized spacial score (nSPS) is 38.2. The van der Waals surface area contributed by atoms with Gasteiger partial charge in [0.25, 0.3) is 0 Å². The molecule has 0 amide bonds. The molecular weight excluding hydrogens is 100 g/mol. The minimum Gasteiger partial charge on any atom is -0.311 e. The van der Waals surface area contributed by atoms with Crippen molar-refractivity contribution in [3.63, 3.8) is 0 Å². The Kier molecular flexibility index (Phi) is 1.02. The molecule has 2 bridgehead atoms. The first kappa shape index (κ1) is 4.77. The number of piperidine rings is 2. The molecule has 3 heterocycles. The molecule has 2 nitrogen and oxygen atoms in total. The predicted molar refractivity (Wildman–Crippen MR) is 32.3 cm³/mol. The van der Waals surface area contributed by atoms with Crippen LogP contribution in [0.15, 0.2) is 0 Å². The molecule has 0 aromatic carbocycles. The van der Waals surface area contributed by atoms with Crippen LogP contribution in [0.25, 0.3) is 0 Å². The average molecular weight is 111 g/mol. The highest BCUT2D eigenvalue weighted by atomic mass is 15.1. The fraction of sp³-hybridized carbons (Fsp3) is 0.833. The van der Waals surface area contributed by atoms with Crippen molar-refractivity contribution in [3.05, 3.63) is 6.04 Å². The monoisotopic (exact) mass is 111 g/mol. The highest BCUT2D eigenvalue weighted by Gasteiger charge is 2.26. The summed E-state index contributed by atoms with van der Waals surface area (Å²) in [6, 6.07) is 2.28. The molecule has 2 N–H and O–H groups in total. The highest BCUT2D eigenvalue weighted by molar-refractivity contribution is 5.02. The van der Waals surface area contributed by atoms with Crippen LogP contribution < -0.4 is 10.6 Å². The van der Waals surface area contributed by atoms with E-state index in [4.69, 9.17) is 0 Å². The van der Waals surface area contributed by atoms with Crippen molar-refractivity contribution in [2.24, 2.45) is 0 Å². The third-order valence-electron chi connectivity index (χ3n) is 2.00. The first-order valence-electron chi connectivity index (χ1n) is 3.27. The molecule has 45 valence electrons. The Morgan fingerprint density at radius 3 is 2.62 bits per heavy atom. The van der Waals surface area contributed by atoms with Gasteiger partial charge in [0.15, 0.2) is 0 Å². The predicted octanol–water partition coefficient (Wildman–Crippen LogP) is -0.126. The molecule has 0 aromatic heterocycles. The van der Waals surface area contributed by atoms with E-state index in [0.717, 1.165) is 19.1 Å². The van der Waals surface area contributed by atoms with E-state index < -0.39 is 0 Å². The van der Waals surface area contributed by atoms with Gasteiger partial charge in [0, 0.05) is 19.1 Å². The van der Waals surface area contributed by atoms with Crippen LogP contribution in [0.2, 0.25) is 0 Å². The maximum atomic E-state index is 3.42. The first-order valence-corrected chi connectivity index (χ1v) is 3.27. The number of fused-ring (bicyclic) bond motifs is 3. The summed E-state index contributed by atoms with van der Waals surface area (Å²) in [5.74, 6) is 0. The van der Waals surface area contributed by atoms with Crippen molar-refractivity contribution in [2.75, 3.05) is 13.1 Å². The molecule has 1 atom stereocenters. The molecule has 0 spiro atoms. The summed E-state index contributed by atoms with van der Waals surface area (Å²) in [5.41, 5.74) is 0. The molecule has 2 heteroatoms. The Balaban J connectivity index is 2.03. The number of hydrogen-bond acceptors (Lipinski definition) is 2. The van der Waals surface area contributed by atoms with Crippen molar-refractivity contribution >= 4 is 0 Å². The minimum atomic E-state index is 0.771. The van der Waals surface area contributed by atoms with Gasteiger partial charge in [-0.1, -0.05) is 0 Å². The summed E-state index contributed by atoms with van der Waals surface area (Å²) >= 11 is 0. The molecule has 3 aliphatic rings. The molecule has 1 radical (unpaired) electrons. The molecular formula is C6H11N2. The topological polar surface area (TPSA) is 24.1 Å². The largest absolute Gasteiger partial charge is 0.311 e. The fourth-order valence-electron chi connectivity index (χ4n) is 1.40. The SMILES string of the molecule is C1C[C@H]2CN[C]1CN2. The summed E-state index contributed by atoms with van der Waals surface area (Å²) in [6.45, 7) is 2.28. The lowest BCUT2D eigenvalue weighted by Crippen LogP contribution is -2.54. The van der Waals surface area contributed by atoms with E-state index in [2.05, 4.69) is 10.6 Å². The van der Waals surface area contributed by atoms with E-state index in [1.165, 1.54) is 18.9 Å². The quantitative estimate of drug-likeness (QED) is 0.455. The van der Waals surface area contributed by atoms with Crippen molar-refractivity contribution in [2.45, 2.75) is 18.9 Å². The van der Waals surface area contributed by atoms with Crippen LogP contribution in [0, 0.1) is 6.04 Å². The van der Waals surface area contributed by atoms with Gasteiger partial charge in [-0.3, -0.25) is 0 Å². The van der Waals surface area contributed by atoms with Gasteiger partial charge >= 0.3 is 0 Å². The van der Waals surface area contributed by atoms with Gasteiger partial charge < -0.3 is 10.6 Å². The Labute approximate surface area is 49.7 Å². The van der Waals surface area contributed by atoms with Crippen molar-refractivity contribution < 1.29 is 0 Å². The summed E-state index contributed by atoms with van der Waals surface area (Å²) < 4.78 is 0. The summed E-state index contributed by atoms with van der Waals surface area (Å²) in [7, 11) is 0. The van der Waals surface area contributed by atoms with Crippen LogP contribution in [0.1, 0.15) is 12.8 Å². The number of nitrogens with one attached hydrogen (secondary N) is 2. The van der Waals surface area contributed by atoms with E-state index >= 15 is 0 Å². The van der Waals surface area contributed by atoms with E-state index in [1.807, 2.05) is 0 Å². The van der Waals surface area contributed by atoms with Gasteiger partial charge in [-0.25, -0.2) is 0 Å². The molecule has 0 saturated carbocycles. The summed E-state index contributed by atoms with van der Waals surface area (Å²) in [6.07, 6.45) is 2.65. The molecule has 3 fully saturated rings. The van der Waals surface area contributed by atoms with E-state index in [0.29, 0.717) is 0 Å². The van der Waals surface area contributed by atoms with E-state index in [9.17, 15) is 0 Å². The second-order valence-corrected chi connectivity index (χ2v) is 2.60. The maximum Gasteiger partial charge on any atom is 0.0504 e. The van der Waals surface area contributed by atoms with Crippen LogP contribution in [0.3, 0.4) is 0 Å². The zero-order valence-corrected chi connectivity index (χ0v) is 4.91. The smallest absolute Gasteiger partial charge is 0.0504 e. The zero-order chi connectivity index (χ0) is 5.40. The molecule has 0 aromatic rings. The van der Waals surface area contributed by atoms with Crippen LogP contribution >= 0.6 is 0 Å². The Hall–Kier alpha value is -0.0800. The molecule has 8 heavy (non-hydrogen) atoms. The van der Waals surface area contributed by atoms with Gasteiger partial charge in [0.2, 0.25) is 0 Å². The lowest BCUT2D eigenvalue weighted by atomic mass is 9.96. The second kappa shape index (κ2) is 1.71. The van der Waals surface area contributed by atoms with Crippen LogP contribution in [0.5, 0.6) is 0 Å². The summed E-state index contributed by atoms with van der Waals surface area (Å²) in [5, 5.41) is 6.79. The summed E-state index contributed by atoms with van der Waals surface area (Å²) in [4.78, 5) is 0. The lowest BCUT2D eigenvalue weighted by Gasteiger charge is -2.37. The number of piperazine rings is 1. The van der Waals surface area contributed by atoms with Crippen LogP contribution in [-0.2, 0) is 0 Å². The number of hydrogen-bond donors (Lipinski definition) is 2. The standard InChI is InChI=1S/C6H11N2/c1-2-6-4-7-5(1)3-8-6/h5,7-8H,1-4H2/t5-/m0/s1. The first-order chi connectivity index (χ1) is 3.95. The van der Waals surface area contributed by atoms with Crippen molar-refractivity contribution in [1.82, 2.24) is 10.6 Å². The minimum absolute atomic E-state index is 0.771. The average Bonchev–Trinajstić information content (AvgIpc) is 1.92. The lowest BCUT2D eigenvalue weighted by molar-refractivity contribution is 0.319. The van der Waals surface area contributed by atoms with Gasteiger partial charge in [0.05, 0.1) is 6.04 Å². The third-order valence-corrected chi connectivity index (χ3v) is 2.00. The van der Waals surface area contributed by atoms with E-state index in [-0.39, 0.29) is 0 Å². The zero-order valence-electron chi connectivity index (χ0n) is 4.91. The third kappa shape index (κ3) is 0.644. The van der Waals surface area contributed by atoms with Crippen molar-refractivity contribution in [3.8, 4) is 0 Å². The molecule has 3 saturated heterocycles. The fourth-order valence-corrected chi connectivity index (χ4v) is 1.40. The van der Waals surface area contributed by atoms with Gasteiger partial charge in [-0.05, 0) is 12.8 Å². The van der Waals surface area contributed by atoms with Crippen molar-refractivity contribution in [1.29, 1.82) is 0 Å². The van der Waals surface area contributed by atoms with Gasteiger partial charge in [-0.2, -0.15) is 0 Å². The molecule has 0 aliphatic carbocycles. The maximum absolute atomic E-state index is 3.42. The second-order valence-electron chi connectivity index (χ2n) is 2.60. The van der Waals surface area contributed by atoms with Gasteiger partial charge in [0.1, 0.15) is 0 Å². The Morgan fingerprint density at radius 2 is 2.50 bits per heavy atom. The van der Waals surface area contributed by atoms with E-state index in [1.54, 1.807) is 0 Å². The Morgan fingerprint density at radius 1 is 1.50 bits per heavy atom. The Bertz CT molecular complexity index is 61.5. The van der Waals surface area contributed by atoms with Crippen LogP contribution in [-0.4, -0.2) is 19.1 Å². The van der Waals surface area contributed by atoms with Crippen LogP contribution in [0.4, 0.5) is 0 Å². The number of rotatable bonds is 0. The highest BCUT2D eigenvalue weighted by Crippen LogP contribution is 2.17. The molecule has 3 aliphatic heterocycles.